The van der Waals surface area contributed by atoms with Gasteiger partial charge in [0.15, 0.2) is 0 Å². The summed E-state index contributed by atoms with van der Waals surface area (Å²) in [6.07, 6.45) is 6.62. The van der Waals surface area contributed by atoms with Crippen LogP contribution in [0, 0.1) is 17.3 Å². The molecule has 0 aromatic heterocycles. The van der Waals surface area contributed by atoms with E-state index in [0.29, 0.717) is 11.8 Å². The van der Waals surface area contributed by atoms with Gasteiger partial charge in [0, 0.05) is 11.0 Å². The Morgan fingerprint density at radius 1 is 1.38 bits per heavy atom. The standard InChI is InChI=1S/C16H29NO.CO2/c1-7-12-9-10-13(8-2)16(6,11-12)14(18)17-15(3,4)5;2-1-3/h7,12-13H,1,8-11H2,2-6H3,(H,17,18);/t12-,13-,16+;/m1./s1. The van der Waals surface area contributed by atoms with Gasteiger partial charge >= 0.3 is 6.15 Å². The van der Waals surface area contributed by atoms with Gasteiger partial charge in [0.1, 0.15) is 0 Å². The quantitative estimate of drug-likeness (QED) is 0.812. The summed E-state index contributed by atoms with van der Waals surface area (Å²) in [5, 5.41) is 3.17. The number of carbonyl (C=O) groups is 1. The summed E-state index contributed by atoms with van der Waals surface area (Å²) in [5.74, 6) is 1.20. The Balaban J connectivity index is 0.00000122. The van der Waals surface area contributed by atoms with Gasteiger partial charge in [-0.1, -0.05) is 26.3 Å². The van der Waals surface area contributed by atoms with Crippen LogP contribution in [-0.2, 0) is 14.4 Å². The van der Waals surface area contributed by atoms with Crippen molar-refractivity contribution >= 4 is 12.1 Å². The van der Waals surface area contributed by atoms with Gasteiger partial charge in [0.25, 0.3) is 0 Å². The molecule has 0 aromatic rings. The first-order chi connectivity index (χ1) is 9.64. The molecule has 1 N–H and O–H groups in total. The molecular formula is C17H29NO3. The highest BCUT2D eigenvalue weighted by molar-refractivity contribution is 5.83. The van der Waals surface area contributed by atoms with Crippen LogP contribution >= 0.6 is 0 Å². The van der Waals surface area contributed by atoms with E-state index in [4.69, 9.17) is 9.59 Å². The van der Waals surface area contributed by atoms with Crippen molar-refractivity contribution in [2.45, 2.75) is 65.8 Å². The molecule has 0 aliphatic heterocycles. The van der Waals surface area contributed by atoms with E-state index in [-0.39, 0.29) is 23.0 Å². The summed E-state index contributed by atoms with van der Waals surface area (Å²) in [7, 11) is 0. The van der Waals surface area contributed by atoms with Gasteiger partial charge in [-0.3, -0.25) is 4.79 Å². The van der Waals surface area contributed by atoms with Crippen molar-refractivity contribution in [1.82, 2.24) is 5.32 Å². The molecule has 4 heteroatoms. The lowest BCUT2D eigenvalue weighted by molar-refractivity contribution is -0.191. The van der Waals surface area contributed by atoms with Gasteiger partial charge < -0.3 is 5.32 Å². The van der Waals surface area contributed by atoms with Crippen molar-refractivity contribution in [2.75, 3.05) is 0 Å². The van der Waals surface area contributed by atoms with Crippen LogP contribution in [0.5, 0.6) is 0 Å². The molecular weight excluding hydrogens is 266 g/mol. The topological polar surface area (TPSA) is 63.2 Å². The minimum Gasteiger partial charge on any atom is -0.351 e. The number of rotatable bonds is 3. The average Bonchev–Trinajstić information content (AvgIpc) is 2.37. The van der Waals surface area contributed by atoms with Crippen LogP contribution in [0.4, 0.5) is 0 Å². The lowest BCUT2D eigenvalue weighted by Gasteiger charge is -2.44. The van der Waals surface area contributed by atoms with Crippen LogP contribution < -0.4 is 5.32 Å². The Bertz CT molecular complexity index is 391. The van der Waals surface area contributed by atoms with Gasteiger partial charge in [0.05, 0.1) is 0 Å². The first-order valence-corrected chi connectivity index (χ1v) is 7.59. The second-order valence-corrected chi connectivity index (χ2v) is 7.09. The van der Waals surface area contributed by atoms with Gasteiger partial charge in [0.2, 0.25) is 5.91 Å². The SMILES string of the molecule is C=C[C@@H]1CC[C@@H](CC)[C@@](C)(C(=O)NC(C)(C)C)C1.O=C=O. The minimum atomic E-state index is -0.237. The molecule has 0 heterocycles. The summed E-state index contributed by atoms with van der Waals surface area (Å²) >= 11 is 0. The van der Waals surface area contributed by atoms with Crippen LogP contribution in [0.2, 0.25) is 0 Å². The average molecular weight is 295 g/mol. The Morgan fingerprint density at radius 3 is 2.29 bits per heavy atom. The van der Waals surface area contributed by atoms with E-state index in [2.05, 4.69) is 25.7 Å². The molecule has 1 amide bonds. The largest absolute Gasteiger partial charge is 0.373 e. The number of amides is 1. The predicted octanol–water partition coefficient (Wildman–Crippen LogP) is 3.34. The van der Waals surface area contributed by atoms with E-state index in [0.717, 1.165) is 19.3 Å². The van der Waals surface area contributed by atoms with Crippen molar-refractivity contribution in [3.05, 3.63) is 12.7 Å². The van der Waals surface area contributed by atoms with Crippen molar-refractivity contribution < 1.29 is 14.4 Å². The van der Waals surface area contributed by atoms with Crippen molar-refractivity contribution in [2.24, 2.45) is 17.3 Å². The minimum absolute atomic E-state index is 0.153. The summed E-state index contributed by atoms with van der Waals surface area (Å²) in [6.45, 7) is 14.4. The van der Waals surface area contributed by atoms with Crippen LogP contribution in [0.3, 0.4) is 0 Å². The zero-order valence-corrected chi connectivity index (χ0v) is 14.0. The van der Waals surface area contributed by atoms with Crippen LogP contribution in [0.15, 0.2) is 12.7 Å². The van der Waals surface area contributed by atoms with E-state index >= 15 is 0 Å². The molecule has 1 saturated carbocycles. The highest BCUT2D eigenvalue weighted by Gasteiger charge is 2.45. The molecule has 120 valence electrons. The maximum Gasteiger partial charge on any atom is 0.373 e. The van der Waals surface area contributed by atoms with E-state index in [1.54, 1.807) is 0 Å². The second kappa shape index (κ2) is 8.14. The number of allylic oxidation sites excluding steroid dienone is 1. The van der Waals surface area contributed by atoms with Crippen molar-refractivity contribution in [1.29, 1.82) is 0 Å². The Hall–Kier alpha value is -1.41. The molecule has 0 radical (unpaired) electrons. The summed E-state index contributed by atoms with van der Waals surface area (Å²) < 4.78 is 0. The summed E-state index contributed by atoms with van der Waals surface area (Å²) in [4.78, 5) is 28.9. The fourth-order valence-electron chi connectivity index (χ4n) is 3.16. The lowest BCUT2D eigenvalue weighted by atomic mass is 9.62. The number of nitrogens with one attached hydrogen (secondary N) is 1. The molecule has 1 aliphatic carbocycles. The first kappa shape index (κ1) is 19.6. The molecule has 0 spiro atoms. The zero-order chi connectivity index (χ0) is 16.7. The number of hydrogen-bond donors (Lipinski definition) is 1. The monoisotopic (exact) mass is 295 g/mol. The van der Waals surface area contributed by atoms with Gasteiger partial charge in [-0.05, 0) is 51.9 Å². The Morgan fingerprint density at radius 2 is 1.90 bits per heavy atom. The van der Waals surface area contributed by atoms with Crippen LogP contribution in [0.25, 0.3) is 0 Å². The van der Waals surface area contributed by atoms with E-state index in [1.807, 2.05) is 26.8 Å². The molecule has 1 rings (SSSR count). The number of carbonyl (C=O) groups excluding carboxylic acids is 3. The third-order valence-corrected chi connectivity index (χ3v) is 4.31. The molecule has 21 heavy (non-hydrogen) atoms. The Kier molecular flexibility index (Phi) is 7.59. The third kappa shape index (κ3) is 5.84. The fraction of sp³-hybridized carbons (Fsp3) is 0.765. The molecule has 3 atom stereocenters. The van der Waals surface area contributed by atoms with E-state index < -0.39 is 0 Å². The summed E-state index contributed by atoms with van der Waals surface area (Å²) in [6, 6.07) is 0. The maximum absolute atomic E-state index is 12.6. The highest BCUT2D eigenvalue weighted by Crippen LogP contribution is 2.46. The van der Waals surface area contributed by atoms with Crippen molar-refractivity contribution in [3.63, 3.8) is 0 Å². The molecule has 1 aliphatic rings. The van der Waals surface area contributed by atoms with Crippen LogP contribution in [-0.4, -0.2) is 17.6 Å². The second-order valence-electron chi connectivity index (χ2n) is 7.09. The molecule has 0 unspecified atom stereocenters. The highest BCUT2D eigenvalue weighted by atomic mass is 16.2. The molecule has 1 fully saturated rings. The Labute approximate surface area is 128 Å². The van der Waals surface area contributed by atoms with Crippen LogP contribution in [0.1, 0.15) is 60.3 Å². The lowest BCUT2D eigenvalue weighted by Crippen LogP contribution is -2.52. The van der Waals surface area contributed by atoms with E-state index in [9.17, 15) is 4.79 Å². The molecule has 0 aromatic carbocycles. The van der Waals surface area contributed by atoms with E-state index in [1.165, 1.54) is 6.42 Å². The first-order valence-electron chi connectivity index (χ1n) is 7.59. The third-order valence-electron chi connectivity index (χ3n) is 4.31. The van der Waals surface area contributed by atoms with Crippen molar-refractivity contribution in [3.8, 4) is 0 Å². The summed E-state index contributed by atoms with van der Waals surface area (Å²) in [5.41, 5.74) is -0.390. The number of hydrogen-bond acceptors (Lipinski definition) is 3. The predicted molar refractivity (Wildman–Crippen MR) is 82.3 cm³/mol. The maximum atomic E-state index is 12.6. The van der Waals surface area contributed by atoms with Gasteiger partial charge in [-0.2, -0.15) is 9.59 Å². The normalized spacial score (nSPS) is 28.6. The molecule has 0 saturated heterocycles. The fourth-order valence-corrected chi connectivity index (χ4v) is 3.16. The smallest absolute Gasteiger partial charge is 0.351 e. The van der Waals surface area contributed by atoms with Gasteiger partial charge in [-0.25, -0.2) is 0 Å². The molecule has 0 bridgehead atoms. The van der Waals surface area contributed by atoms with Gasteiger partial charge in [-0.15, -0.1) is 6.58 Å². The zero-order valence-electron chi connectivity index (χ0n) is 14.0. The molecule has 4 nitrogen and oxygen atoms in total.